The van der Waals surface area contributed by atoms with E-state index in [9.17, 15) is 20.0 Å². The van der Waals surface area contributed by atoms with Gasteiger partial charge in [0.05, 0.1) is 33.6 Å². The van der Waals surface area contributed by atoms with Crippen LogP contribution in [0.15, 0.2) is 54.7 Å². The minimum atomic E-state index is -1.25. The number of fused-ring (bicyclic) bond motifs is 1. The molecule has 0 bridgehead atoms. The summed E-state index contributed by atoms with van der Waals surface area (Å²) in [4.78, 5) is 25.7. The molecular weight excluding hydrogens is 298 g/mol. The lowest BCUT2D eigenvalue weighted by atomic mass is 10.1. The molecule has 1 aromatic heterocycles. The first-order valence-corrected chi connectivity index (χ1v) is 6.68. The van der Waals surface area contributed by atoms with Gasteiger partial charge in [-0.05, 0) is 18.2 Å². The number of aromatic carboxylic acids is 1. The van der Waals surface area contributed by atoms with Crippen LogP contribution in [0.25, 0.3) is 10.9 Å². The monoisotopic (exact) mass is 309 g/mol. The van der Waals surface area contributed by atoms with E-state index in [2.05, 4.69) is 10.3 Å². The number of nitrogens with one attached hydrogen (secondary N) is 1. The average molecular weight is 309 g/mol. The van der Waals surface area contributed by atoms with Crippen molar-refractivity contribution in [3.05, 3.63) is 70.4 Å². The van der Waals surface area contributed by atoms with Crippen molar-refractivity contribution < 1.29 is 14.8 Å². The van der Waals surface area contributed by atoms with Gasteiger partial charge in [0.25, 0.3) is 5.69 Å². The molecule has 1 heterocycles. The lowest BCUT2D eigenvalue weighted by molar-refractivity contribution is -0.384. The van der Waals surface area contributed by atoms with Gasteiger partial charge in [0.1, 0.15) is 0 Å². The number of pyridine rings is 1. The van der Waals surface area contributed by atoms with Crippen LogP contribution in [0, 0.1) is 10.1 Å². The van der Waals surface area contributed by atoms with Gasteiger partial charge < -0.3 is 10.4 Å². The third-order valence-corrected chi connectivity index (χ3v) is 3.31. The van der Waals surface area contributed by atoms with Crippen LogP contribution in [0.2, 0.25) is 0 Å². The molecule has 0 aliphatic heterocycles. The van der Waals surface area contributed by atoms with Crippen LogP contribution in [-0.4, -0.2) is 21.0 Å². The predicted octanol–water partition coefficient (Wildman–Crippen LogP) is 3.58. The molecule has 0 amide bonds. The highest BCUT2D eigenvalue weighted by molar-refractivity contribution is 5.96. The second-order valence-corrected chi connectivity index (χ2v) is 4.83. The van der Waals surface area contributed by atoms with E-state index in [0.717, 1.165) is 17.0 Å². The molecule has 0 radical (unpaired) electrons. The smallest absolute Gasteiger partial charge is 0.338 e. The Kier molecular flexibility index (Phi) is 3.60. The summed E-state index contributed by atoms with van der Waals surface area (Å²) in [5.74, 6) is -1.25. The third-order valence-electron chi connectivity index (χ3n) is 3.31. The summed E-state index contributed by atoms with van der Waals surface area (Å²) in [5, 5.41) is 23.9. The molecule has 0 aliphatic rings. The molecule has 2 aromatic carbocycles. The lowest BCUT2D eigenvalue weighted by Gasteiger charge is -2.10. The molecule has 0 unspecified atom stereocenters. The standard InChI is InChI=1S/C16H11N3O4/c20-16(21)13-8-12(19(22)23)5-6-15(13)18-11-7-10-3-1-2-4-14(10)17-9-11/h1-9,18H,(H,20,21). The van der Waals surface area contributed by atoms with E-state index in [1.54, 1.807) is 6.20 Å². The molecule has 23 heavy (non-hydrogen) atoms. The lowest BCUT2D eigenvalue weighted by Crippen LogP contribution is -2.04. The summed E-state index contributed by atoms with van der Waals surface area (Å²) in [5.41, 5.74) is 1.23. The molecule has 114 valence electrons. The van der Waals surface area contributed by atoms with E-state index in [0.29, 0.717) is 5.69 Å². The Morgan fingerprint density at radius 2 is 1.96 bits per heavy atom. The summed E-state index contributed by atoms with van der Waals surface area (Å²) in [6.45, 7) is 0. The molecule has 3 rings (SSSR count). The van der Waals surface area contributed by atoms with Gasteiger partial charge in [0, 0.05) is 17.5 Å². The Morgan fingerprint density at radius 3 is 2.70 bits per heavy atom. The summed E-state index contributed by atoms with van der Waals surface area (Å²) < 4.78 is 0. The van der Waals surface area contributed by atoms with Gasteiger partial charge in [-0.15, -0.1) is 0 Å². The van der Waals surface area contributed by atoms with Crippen molar-refractivity contribution in [1.82, 2.24) is 4.98 Å². The second-order valence-electron chi connectivity index (χ2n) is 4.83. The van der Waals surface area contributed by atoms with Gasteiger partial charge >= 0.3 is 5.97 Å². The quantitative estimate of drug-likeness (QED) is 0.563. The fourth-order valence-corrected chi connectivity index (χ4v) is 2.23. The molecule has 2 N–H and O–H groups in total. The minimum absolute atomic E-state index is 0.174. The highest BCUT2D eigenvalue weighted by Crippen LogP contribution is 2.26. The Balaban J connectivity index is 2.00. The summed E-state index contributed by atoms with van der Waals surface area (Å²) in [6.07, 6.45) is 1.58. The van der Waals surface area contributed by atoms with Crippen LogP contribution < -0.4 is 5.32 Å². The van der Waals surface area contributed by atoms with Gasteiger partial charge in [-0.1, -0.05) is 18.2 Å². The van der Waals surface area contributed by atoms with E-state index in [1.807, 2.05) is 30.3 Å². The molecular formula is C16H11N3O4. The Hall–Kier alpha value is -3.48. The molecule has 0 saturated carbocycles. The van der Waals surface area contributed by atoms with Crippen LogP contribution in [0.1, 0.15) is 10.4 Å². The largest absolute Gasteiger partial charge is 0.478 e. The molecule has 0 saturated heterocycles. The highest BCUT2D eigenvalue weighted by Gasteiger charge is 2.16. The summed E-state index contributed by atoms with van der Waals surface area (Å²) in [7, 11) is 0. The highest BCUT2D eigenvalue weighted by atomic mass is 16.6. The van der Waals surface area contributed by atoms with Gasteiger partial charge in [-0.3, -0.25) is 15.1 Å². The van der Waals surface area contributed by atoms with E-state index in [1.165, 1.54) is 12.1 Å². The minimum Gasteiger partial charge on any atom is -0.478 e. The molecule has 7 nitrogen and oxygen atoms in total. The van der Waals surface area contributed by atoms with Gasteiger partial charge in [0.15, 0.2) is 0 Å². The first-order chi connectivity index (χ1) is 11.0. The van der Waals surface area contributed by atoms with Gasteiger partial charge in [-0.2, -0.15) is 0 Å². The second kappa shape index (κ2) is 5.72. The molecule has 0 spiro atoms. The fraction of sp³-hybridized carbons (Fsp3) is 0. The normalized spacial score (nSPS) is 10.4. The molecule has 3 aromatic rings. The average Bonchev–Trinajstić information content (AvgIpc) is 2.54. The third kappa shape index (κ3) is 2.93. The number of carboxylic acid groups (broad SMARTS) is 1. The van der Waals surface area contributed by atoms with E-state index < -0.39 is 10.9 Å². The Morgan fingerprint density at radius 1 is 1.17 bits per heavy atom. The number of anilines is 2. The van der Waals surface area contributed by atoms with Crippen molar-refractivity contribution in [3.8, 4) is 0 Å². The van der Waals surface area contributed by atoms with Crippen LogP contribution in [-0.2, 0) is 0 Å². The Labute approximate surface area is 130 Å². The van der Waals surface area contributed by atoms with Crippen molar-refractivity contribution in [1.29, 1.82) is 0 Å². The number of nitro groups is 1. The number of carboxylic acids is 1. The number of nitrogens with zero attached hydrogens (tertiary/aromatic N) is 2. The number of benzene rings is 2. The van der Waals surface area contributed by atoms with Crippen molar-refractivity contribution in [2.24, 2.45) is 0 Å². The van der Waals surface area contributed by atoms with Crippen LogP contribution in [0.5, 0.6) is 0 Å². The first kappa shape index (κ1) is 14.5. The number of hydrogen-bond acceptors (Lipinski definition) is 5. The predicted molar refractivity (Wildman–Crippen MR) is 85.1 cm³/mol. The fourth-order valence-electron chi connectivity index (χ4n) is 2.23. The maximum Gasteiger partial charge on any atom is 0.338 e. The zero-order chi connectivity index (χ0) is 16.4. The number of carbonyl (C=O) groups is 1. The van der Waals surface area contributed by atoms with Crippen LogP contribution in [0.3, 0.4) is 0 Å². The number of non-ortho nitro benzene ring substituents is 1. The first-order valence-electron chi connectivity index (χ1n) is 6.68. The van der Waals surface area contributed by atoms with Crippen molar-refractivity contribution in [2.45, 2.75) is 0 Å². The summed E-state index contributed by atoms with van der Waals surface area (Å²) >= 11 is 0. The maximum absolute atomic E-state index is 11.3. The maximum atomic E-state index is 11.3. The van der Waals surface area contributed by atoms with Crippen LogP contribution in [0.4, 0.5) is 17.1 Å². The molecule has 0 aliphatic carbocycles. The number of para-hydroxylation sites is 1. The van der Waals surface area contributed by atoms with Crippen molar-refractivity contribution in [2.75, 3.05) is 5.32 Å². The summed E-state index contributed by atoms with van der Waals surface area (Å²) in [6, 6.07) is 13.0. The SMILES string of the molecule is O=C(O)c1cc([N+](=O)[O-])ccc1Nc1cnc2ccccc2c1. The van der Waals surface area contributed by atoms with Crippen molar-refractivity contribution >= 4 is 33.9 Å². The van der Waals surface area contributed by atoms with Gasteiger partial charge in [-0.25, -0.2) is 4.79 Å². The van der Waals surface area contributed by atoms with E-state index in [-0.39, 0.29) is 16.9 Å². The van der Waals surface area contributed by atoms with Crippen molar-refractivity contribution in [3.63, 3.8) is 0 Å². The van der Waals surface area contributed by atoms with Crippen LogP contribution >= 0.6 is 0 Å². The van der Waals surface area contributed by atoms with Gasteiger partial charge in [0.2, 0.25) is 0 Å². The van der Waals surface area contributed by atoms with E-state index in [4.69, 9.17) is 0 Å². The zero-order valence-electron chi connectivity index (χ0n) is 11.8. The molecule has 7 heteroatoms. The number of hydrogen-bond donors (Lipinski definition) is 2. The number of rotatable bonds is 4. The zero-order valence-corrected chi connectivity index (χ0v) is 11.8. The Bertz CT molecular complexity index is 924. The number of aromatic nitrogens is 1. The van der Waals surface area contributed by atoms with E-state index >= 15 is 0 Å². The number of nitro benzene ring substituents is 1. The molecule has 0 fully saturated rings. The topological polar surface area (TPSA) is 105 Å². The molecule has 0 atom stereocenters.